The second-order valence-electron chi connectivity index (χ2n) is 4.15. The number of aryl methyl sites for hydroxylation is 1. The van der Waals surface area contributed by atoms with Gasteiger partial charge in [0.2, 0.25) is 0 Å². The van der Waals surface area contributed by atoms with E-state index in [9.17, 15) is 4.79 Å². The van der Waals surface area contributed by atoms with Gasteiger partial charge in [0, 0.05) is 0 Å². The maximum absolute atomic E-state index is 10.9. The lowest BCUT2D eigenvalue weighted by Gasteiger charge is -2.22. The van der Waals surface area contributed by atoms with Crippen molar-refractivity contribution in [1.82, 2.24) is 0 Å². The van der Waals surface area contributed by atoms with Gasteiger partial charge < -0.3 is 0 Å². The van der Waals surface area contributed by atoms with Crippen molar-refractivity contribution in [3.8, 4) is 0 Å². The average Bonchev–Trinajstić information content (AvgIpc) is 2.61. The Morgan fingerprint density at radius 2 is 2.07 bits per heavy atom. The van der Waals surface area contributed by atoms with E-state index < -0.39 is 0 Å². The zero-order valence-corrected chi connectivity index (χ0v) is 9.40. The maximum atomic E-state index is 10.9. The summed E-state index contributed by atoms with van der Waals surface area (Å²) in [5, 5.41) is 2.12. The first-order valence-electron chi connectivity index (χ1n) is 5.36. The number of aldehydes is 1. The second kappa shape index (κ2) is 4.26. The third-order valence-electron chi connectivity index (χ3n) is 3.17. The highest BCUT2D eigenvalue weighted by Crippen LogP contribution is 2.37. The SMILES string of the molecule is Cc1csc(C=O)c1C1CCCCC1. The van der Waals surface area contributed by atoms with E-state index in [1.165, 1.54) is 43.2 Å². The van der Waals surface area contributed by atoms with Gasteiger partial charge in [-0.3, -0.25) is 4.79 Å². The largest absolute Gasteiger partial charge is 0.297 e. The molecule has 1 aromatic rings. The molecule has 1 aromatic heterocycles. The molecule has 0 saturated heterocycles. The second-order valence-corrected chi connectivity index (χ2v) is 5.06. The normalized spacial score (nSPS) is 18.4. The molecule has 0 spiro atoms. The molecule has 2 heteroatoms. The number of hydrogen-bond acceptors (Lipinski definition) is 2. The van der Waals surface area contributed by atoms with Crippen molar-refractivity contribution in [2.45, 2.75) is 44.9 Å². The Morgan fingerprint density at radius 3 is 2.71 bits per heavy atom. The first kappa shape index (κ1) is 9.91. The van der Waals surface area contributed by atoms with Gasteiger partial charge in [0.25, 0.3) is 0 Å². The minimum atomic E-state index is 0.662. The van der Waals surface area contributed by atoms with E-state index in [4.69, 9.17) is 0 Å². The van der Waals surface area contributed by atoms with Crippen LogP contribution < -0.4 is 0 Å². The summed E-state index contributed by atoms with van der Waals surface area (Å²) in [5.74, 6) is 0.662. The predicted octanol–water partition coefficient (Wildman–Crippen LogP) is 3.92. The summed E-state index contributed by atoms with van der Waals surface area (Å²) in [4.78, 5) is 11.9. The van der Waals surface area contributed by atoms with Crippen LogP contribution in [0.2, 0.25) is 0 Å². The highest BCUT2D eigenvalue weighted by Gasteiger charge is 2.21. The molecule has 1 aliphatic rings. The van der Waals surface area contributed by atoms with Crippen molar-refractivity contribution >= 4 is 17.6 Å². The Balaban J connectivity index is 2.28. The minimum absolute atomic E-state index is 0.662. The highest BCUT2D eigenvalue weighted by atomic mass is 32.1. The first-order valence-corrected chi connectivity index (χ1v) is 6.24. The fourth-order valence-corrected chi connectivity index (χ4v) is 3.42. The summed E-state index contributed by atoms with van der Waals surface area (Å²) in [6.45, 7) is 2.13. The minimum Gasteiger partial charge on any atom is -0.297 e. The van der Waals surface area contributed by atoms with E-state index in [1.807, 2.05) is 0 Å². The standard InChI is InChI=1S/C12H16OS/c1-9-8-14-11(7-13)12(9)10-5-3-2-4-6-10/h7-8,10H,2-6H2,1H3. The monoisotopic (exact) mass is 208 g/mol. The van der Waals surface area contributed by atoms with Crippen molar-refractivity contribution in [1.29, 1.82) is 0 Å². The summed E-state index contributed by atoms with van der Waals surface area (Å²) in [5.41, 5.74) is 2.67. The quantitative estimate of drug-likeness (QED) is 0.673. The van der Waals surface area contributed by atoms with Gasteiger partial charge in [0.15, 0.2) is 6.29 Å². The molecule has 0 bridgehead atoms. The van der Waals surface area contributed by atoms with Crippen LogP contribution in [0.5, 0.6) is 0 Å². The van der Waals surface area contributed by atoms with Gasteiger partial charge in [0.05, 0.1) is 4.88 Å². The third-order valence-corrected chi connectivity index (χ3v) is 4.21. The molecule has 0 atom stereocenters. The van der Waals surface area contributed by atoms with Gasteiger partial charge in [0.1, 0.15) is 0 Å². The Labute approximate surface area is 89.1 Å². The summed E-state index contributed by atoms with van der Waals surface area (Å²) < 4.78 is 0. The highest BCUT2D eigenvalue weighted by molar-refractivity contribution is 7.12. The van der Waals surface area contributed by atoms with Gasteiger partial charge >= 0.3 is 0 Å². The zero-order valence-electron chi connectivity index (χ0n) is 8.58. The number of carbonyl (C=O) groups excluding carboxylic acids is 1. The Kier molecular flexibility index (Phi) is 3.02. The molecule has 1 heterocycles. The average molecular weight is 208 g/mol. The van der Waals surface area contributed by atoms with Crippen LogP contribution in [0.25, 0.3) is 0 Å². The number of rotatable bonds is 2. The number of carbonyl (C=O) groups is 1. The summed E-state index contributed by atoms with van der Waals surface area (Å²) in [6.07, 6.45) is 7.62. The Morgan fingerprint density at radius 1 is 1.36 bits per heavy atom. The van der Waals surface area contributed by atoms with Crippen LogP contribution >= 0.6 is 11.3 Å². The van der Waals surface area contributed by atoms with Crippen LogP contribution in [-0.4, -0.2) is 6.29 Å². The van der Waals surface area contributed by atoms with Crippen LogP contribution in [0.1, 0.15) is 58.8 Å². The van der Waals surface area contributed by atoms with Crippen molar-refractivity contribution in [3.63, 3.8) is 0 Å². The van der Waals surface area contributed by atoms with Gasteiger partial charge in [-0.1, -0.05) is 19.3 Å². The van der Waals surface area contributed by atoms with Crippen LogP contribution in [0.15, 0.2) is 5.38 Å². The van der Waals surface area contributed by atoms with Gasteiger partial charge in [-0.15, -0.1) is 11.3 Å². The number of hydrogen-bond donors (Lipinski definition) is 0. The molecule has 0 unspecified atom stereocenters. The molecule has 1 fully saturated rings. The molecule has 0 radical (unpaired) electrons. The molecule has 0 amide bonds. The van der Waals surface area contributed by atoms with Crippen LogP contribution in [0.4, 0.5) is 0 Å². The van der Waals surface area contributed by atoms with Crippen molar-refractivity contribution in [3.05, 3.63) is 21.4 Å². The smallest absolute Gasteiger partial charge is 0.160 e. The van der Waals surface area contributed by atoms with Gasteiger partial charge in [-0.25, -0.2) is 0 Å². The van der Waals surface area contributed by atoms with Crippen molar-refractivity contribution in [2.24, 2.45) is 0 Å². The van der Waals surface area contributed by atoms with E-state index in [1.54, 1.807) is 11.3 Å². The maximum Gasteiger partial charge on any atom is 0.160 e. The molecule has 14 heavy (non-hydrogen) atoms. The lowest BCUT2D eigenvalue weighted by atomic mass is 9.83. The lowest BCUT2D eigenvalue weighted by molar-refractivity contribution is 0.112. The van der Waals surface area contributed by atoms with Crippen LogP contribution in [-0.2, 0) is 0 Å². The first-order chi connectivity index (χ1) is 6.83. The van der Waals surface area contributed by atoms with E-state index in [0.29, 0.717) is 5.92 Å². The molecule has 0 aliphatic heterocycles. The molecular formula is C12H16OS. The topological polar surface area (TPSA) is 17.1 Å². The zero-order chi connectivity index (χ0) is 9.97. The van der Waals surface area contributed by atoms with E-state index in [-0.39, 0.29) is 0 Å². The third kappa shape index (κ3) is 1.76. The van der Waals surface area contributed by atoms with Gasteiger partial charge in [-0.2, -0.15) is 0 Å². The molecule has 1 saturated carbocycles. The molecule has 0 aromatic carbocycles. The summed E-state index contributed by atoms with van der Waals surface area (Å²) in [7, 11) is 0. The Hall–Kier alpha value is -0.630. The van der Waals surface area contributed by atoms with E-state index >= 15 is 0 Å². The molecular weight excluding hydrogens is 192 g/mol. The van der Waals surface area contributed by atoms with Crippen molar-refractivity contribution in [2.75, 3.05) is 0 Å². The molecule has 1 aliphatic carbocycles. The summed E-state index contributed by atoms with van der Waals surface area (Å²) in [6, 6.07) is 0. The Bertz CT molecular complexity index is 321. The van der Waals surface area contributed by atoms with E-state index in [0.717, 1.165) is 11.2 Å². The molecule has 2 rings (SSSR count). The molecule has 76 valence electrons. The number of thiophene rings is 1. The van der Waals surface area contributed by atoms with E-state index in [2.05, 4.69) is 12.3 Å². The molecule has 0 N–H and O–H groups in total. The fourth-order valence-electron chi connectivity index (χ4n) is 2.48. The lowest BCUT2D eigenvalue weighted by Crippen LogP contribution is -2.06. The molecule has 1 nitrogen and oxygen atoms in total. The predicted molar refractivity (Wildman–Crippen MR) is 60.3 cm³/mol. The van der Waals surface area contributed by atoms with Crippen LogP contribution in [0, 0.1) is 6.92 Å². The van der Waals surface area contributed by atoms with Gasteiger partial charge in [-0.05, 0) is 42.2 Å². The van der Waals surface area contributed by atoms with Crippen LogP contribution in [0.3, 0.4) is 0 Å². The summed E-state index contributed by atoms with van der Waals surface area (Å²) >= 11 is 1.60. The van der Waals surface area contributed by atoms with Crippen molar-refractivity contribution < 1.29 is 4.79 Å². The fraction of sp³-hybridized carbons (Fsp3) is 0.583.